The number of aromatic nitrogens is 1. The molecule has 4 heteroatoms. The van der Waals surface area contributed by atoms with Crippen LogP contribution in [0.1, 0.15) is 10.6 Å². The molecular weight excluding hydrogens is 294 g/mol. The lowest BCUT2D eigenvalue weighted by Crippen LogP contribution is -2.08. The zero-order valence-electron chi connectivity index (χ0n) is 9.47. The molecule has 18 heavy (non-hydrogen) atoms. The second-order valence-electron chi connectivity index (χ2n) is 4.05. The minimum absolute atomic E-state index is 0.0301. The zero-order chi connectivity index (χ0) is 12.5. The molecule has 1 aromatic carbocycles. The Balaban J connectivity index is 1.95. The average molecular weight is 304 g/mol. The molecule has 0 saturated heterocycles. The van der Waals surface area contributed by atoms with E-state index in [1.807, 2.05) is 35.0 Å². The predicted octanol–water partition coefficient (Wildman–Crippen LogP) is 3.88. The number of ketones is 1. The van der Waals surface area contributed by atoms with Crippen LogP contribution in [-0.4, -0.2) is 10.4 Å². The van der Waals surface area contributed by atoms with Gasteiger partial charge in [-0.15, -0.1) is 0 Å². The number of carbonyl (C=O) groups excluding carboxylic acids is 1. The third kappa shape index (κ3) is 1.99. The van der Waals surface area contributed by atoms with Gasteiger partial charge in [0, 0.05) is 16.2 Å². The Morgan fingerprint density at radius 1 is 1.28 bits per heavy atom. The largest absolute Gasteiger partial charge is 0.461 e. The zero-order valence-corrected chi connectivity index (χ0v) is 11.1. The van der Waals surface area contributed by atoms with Gasteiger partial charge in [-0.25, -0.2) is 0 Å². The van der Waals surface area contributed by atoms with Crippen molar-refractivity contribution in [2.45, 2.75) is 6.54 Å². The highest BCUT2D eigenvalue weighted by Gasteiger charge is 2.11. The molecule has 0 radical (unpaired) electrons. The van der Waals surface area contributed by atoms with Gasteiger partial charge < -0.3 is 8.98 Å². The van der Waals surface area contributed by atoms with E-state index in [-0.39, 0.29) is 12.3 Å². The number of hydrogen-bond donors (Lipinski definition) is 0. The smallest absolute Gasteiger partial charge is 0.217 e. The minimum atomic E-state index is -0.0301. The van der Waals surface area contributed by atoms with Gasteiger partial charge in [0.2, 0.25) is 5.78 Å². The topological polar surface area (TPSA) is 35.1 Å². The van der Waals surface area contributed by atoms with E-state index in [1.165, 1.54) is 6.26 Å². The van der Waals surface area contributed by atoms with Crippen LogP contribution < -0.4 is 0 Å². The summed E-state index contributed by atoms with van der Waals surface area (Å²) in [6.07, 6.45) is 3.43. The van der Waals surface area contributed by atoms with Crippen molar-refractivity contribution in [3.05, 3.63) is 59.1 Å². The van der Waals surface area contributed by atoms with Crippen LogP contribution in [0.3, 0.4) is 0 Å². The number of Topliss-reactive ketones (excluding diaryl/α,β-unsaturated/α-hetero) is 1. The summed E-state index contributed by atoms with van der Waals surface area (Å²) in [5.74, 6) is 0.365. The quantitative estimate of drug-likeness (QED) is 0.688. The van der Waals surface area contributed by atoms with E-state index in [4.69, 9.17) is 4.42 Å². The number of halogens is 1. The lowest BCUT2D eigenvalue weighted by Gasteiger charge is -2.03. The molecular formula is C14H10BrNO2. The number of carbonyl (C=O) groups is 1. The molecule has 3 nitrogen and oxygen atoms in total. The van der Waals surface area contributed by atoms with Crippen LogP contribution in [0.25, 0.3) is 10.9 Å². The molecule has 0 spiro atoms. The average Bonchev–Trinajstić information content (AvgIpc) is 2.99. The molecule has 0 unspecified atom stereocenters. The van der Waals surface area contributed by atoms with Gasteiger partial charge in [0.15, 0.2) is 5.76 Å². The first-order chi connectivity index (χ1) is 8.74. The first-order valence-corrected chi connectivity index (χ1v) is 6.34. The van der Waals surface area contributed by atoms with Crippen LogP contribution in [0, 0.1) is 0 Å². The van der Waals surface area contributed by atoms with Crippen molar-refractivity contribution in [3.8, 4) is 0 Å². The molecule has 0 aliphatic heterocycles. The van der Waals surface area contributed by atoms with Crippen molar-refractivity contribution in [3.63, 3.8) is 0 Å². The molecule has 0 atom stereocenters. The van der Waals surface area contributed by atoms with Gasteiger partial charge in [0.25, 0.3) is 0 Å². The van der Waals surface area contributed by atoms with Crippen molar-refractivity contribution < 1.29 is 9.21 Å². The van der Waals surface area contributed by atoms with E-state index >= 15 is 0 Å². The number of rotatable bonds is 3. The van der Waals surface area contributed by atoms with Crippen molar-refractivity contribution in [2.24, 2.45) is 0 Å². The van der Waals surface area contributed by atoms with Crippen LogP contribution in [0.15, 0.2) is 57.7 Å². The molecule has 3 rings (SSSR count). The Hall–Kier alpha value is -1.81. The Morgan fingerprint density at radius 3 is 2.94 bits per heavy atom. The molecule has 0 fully saturated rings. The molecule has 0 bridgehead atoms. The SMILES string of the molecule is O=C(Cn1ccc2ccc(Br)cc21)c1ccco1. The van der Waals surface area contributed by atoms with Crippen molar-refractivity contribution in [1.29, 1.82) is 0 Å². The lowest BCUT2D eigenvalue weighted by atomic mass is 10.2. The number of fused-ring (bicyclic) bond motifs is 1. The Kier molecular flexibility index (Phi) is 2.80. The van der Waals surface area contributed by atoms with Crippen LogP contribution in [-0.2, 0) is 6.54 Å². The van der Waals surface area contributed by atoms with E-state index in [0.29, 0.717) is 5.76 Å². The Labute approximate surface area is 112 Å². The Morgan fingerprint density at radius 2 is 2.17 bits per heavy atom. The monoisotopic (exact) mass is 303 g/mol. The van der Waals surface area contributed by atoms with Gasteiger partial charge in [-0.2, -0.15) is 0 Å². The minimum Gasteiger partial charge on any atom is -0.461 e. The van der Waals surface area contributed by atoms with Crippen LogP contribution in [0.2, 0.25) is 0 Å². The van der Waals surface area contributed by atoms with E-state index in [1.54, 1.807) is 12.1 Å². The summed E-state index contributed by atoms with van der Waals surface area (Å²) < 4.78 is 8.03. The second-order valence-corrected chi connectivity index (χ2v) is 4.96. The summed E-state index contributed by atoms with van der Waals surface area (Å²) in [4.78, 5) is 12.0. The van der Waals surface area contributed by atoms with Gasteiger partial charge >= 0.3 is 0 Å². The molecule has 90 valence electrons. The third-order valence-electron chi connectivity index (χ3n) is 2.85. The summed E-state index contributed by atoms with van der Waals surface area (Å²) in [5.41, 5.74) is 1.03. The summed E-state index contributed by atoms with van der Waals surface area (Å²) in [5, 5.41) is 1.12. The normalized spacial score (nSPS) is 10.9. The molecule has 3 aromatic rings. The summed E-state index contributed by atoms with van der Waals surface area (Å²) in [6, 6.07) is 11.4. The second kappa shape index (κ2) is 4.46. The summed E-state index contributed by atoms with van der Waals surface area (Å²) >= 11 is 3.44. The van der Waals surface area contributed by atoms with Gasteiger partial charge in [-0.1, -0.05) is 22.0 Å². The van der Waals surface area contributed by atoms with Gasteiger partial charge in [-0.05, 0) is 35.7 Å². The van der Waals surface area contributed by atoms with Crippen molar-refractivity contribution >= 4 is 32.6 Å². The number of benzene rings is 1. The Bertz CT molecular complexity index is 698. The van der Waals surface area contributed by atoms with E-state index in [0.717, 1.165) is 15.4 Å². The highest BCUT2D eigenvalue weighted by Crippen LogP contribution is 2.21. The van der Waals surface area contributed by atoms with E-state index in [9.17, 15) is 4.79 Å². The molecule has 0 aliphatic carbocycles. The molecule has 0 aliphatic rings. The predicted molar refractivity (Wildman–Crippen MR) is 72.7 cm³/mol. The number of nitrogens with zero attached hydrogens (tertiary/aromatic N) is 1. The molecule has 0 N–H and O–H groups in total. The van der Waals surface area contributed by atoms with Gasteiger partial charge in [0.1, 0.15) is 0 Å². The fraction of sp³-hybridized carbons (Fsp3) is 0.0714. The maximum absolute atomic E-state index is 12.0. The fourth-order valence-electron chi connectivity index (χ4n) is 1.96. The van der Waals surface area contributed by atoms with Gasteiger partial charge in [0.05, 0.1) is 12.8 Å². The number of furan rings is 1. The van der Waals surface area contributed by atoms with Crippen LogP contribution in [0.5, 0.6) is 0 Å². The maximum Gasteiger partial charge on any atom is 0.217 e. The fourth-order valence-corrected chi connectivity index (χ4v) is 2.31. The summed E-state index contributed by atoms with van der Waals surface area (Å²) in [7, 11) is 0. The molecule has 0 amide bonds. The molecule has 0 saturated carbocycles. The molecule has 2 aromatic heterocycles. The van der Waals surface area contributed by atoms with E-state index < -0.39 is 0 Å². The highest BCUT2D eigenvalue weighted by atomic mass is 79.9. The van der Waals surface area contributed by atoms with Crippen LogP contribution in [0.4, 0.5) is 0 Å². The number of hydrogen-bond acceptors (Lipinski definition) is 2. The van der Waals surface area contributed by atoms with E-state index in [2.05, 4.69) is 15.9 Å². The maximum atomic E-state index is 12.0. The highest BCUT2D eigenvalue weighted by molar-refractivity contribution is 9.10. The first-order valence-electron chi connectivity index (χ1n) is 5.55. The third-order valence-corrected chi connectivity index (χ3v) is 3.34. The lowest BCUT2D eigenvalue weighted by molar-refractivity contribution is 0.0946. The summed E-state index contributed by atoms with van der Waals surface area (Å²) in [6.45, 7) is 0.285. The molecule has 2 heterocycles. The van der Waals surface area contributed by atoms with Crippen LogP contribution >= 0.6 is 15.9 Å². The standard InChI is InChI=1S/C14H10BrNO2/c15-11-4-3-10-5-6-16(12(10)8-11)9-13(17)14-2-1-7-18-14/h1-8H,9H2. The first kappa shape index (κ1) is 11.3. The van der Waals surface area contributed by atoms with Crippen molar-refractivity contribution in [1.82, 2.24) is 4.57 Å². The van der Waals surface area contributed by atoms with Gasteiger partial charge in [-0.3, -0.25) is 4.79 Å². The van der Waals surface area contributed by atoms with Crippen molar-refractivity contribution in [2.75, 3.05) is 0 Å².